The van der Waals surface area contributed by atoms with Gasteiger partial charge in [-0.1, -0.05) is 35.9 Å². The highest BCUT2D eigenvalue weighted by Gasteiger charge is 2.28. The second-order valence-corrected chi connectivity index (χ2v) is 6.90. The zero-order valence-electron chi connectivity index (χ0n) is 15.3. The third-order valence-corrected chi connectivity index (χ3v) is 4.98. The lowest BCUT2D eigenvalue weighted by Crippen LogP contribution is -2.33. The van der Waals surface area contributed by atoms with E-state index in [1.807, 2.05) is 12.1 Å². The average Bonchev–Trinajstić information content (AvgIpc) is 3.18. The molecule has 0 spiro atoms. The molecule has 148 valence electrons. The first-order valence-corrected chi connectivity index (χ1v) is 9.17. The van der Waals surface area contributed by atoms with E-state index in [1.165, 1.54) is 7.11 Å². The minimum Gasteiger partial charge on any atom is -0.495 e. The van der Waals surface area contributed by atoms with E-state index >= 15 is 0 Å². The van der Waals surface area contributed by atoms with Gasteiger partial charge >= 0.3 is 5.69 Å². The van der Waals surface area contributed by atoms with Crippen LogP contribution in [0.5, 0.6) is 11.6 Å². The zero-order valence-corrected chi connectivity index (χ0v) is 16.1. The maximum atomic E-state index is 12.5. The number of methoxy groups -OCH3 is 1. The summed E-state index contributed by atoms with van der Waals surface area (Å²) < 4.78 is 6.27. The molecule has 1 aromatic heterocycles. The Balaban J connectivity index is 1.77. The Bertz CT molecular complexity index is 1210. The molecule has 0 saturated heterocycles. The molecule has 3 N–H and O–H groups in total. The number of hydrazone groups is 1. The number of aromatic hydroxyl groups is 1. The summed E-state index contributed by atoms with van der Waals surface area (Å²) in [7, 11) is 1.45. The molecule has 3 aromatic rings. The van der Waals surface area contributed by atoms with Crippen LogP contribution >= 0.6 is 11.6 Å². The SMILES string of the molecule is COc1ccccc1-n1c(O)c(C2=NN[C@H](c3ccc(Cl)cc3)C2)c(=O)[nH]c1=O. The van der Waals surface area contributed by atoms with Gasteiger partial charge in [0, 0.05) is 11.4 Å². The van der Waals surface area contributed by atoms with Crippen LogP contribution in [0.2, 0.25) is 5.02 Å². The third kappa shape index (κ3) is 3.38. The molecular weight excluding hydrogens is 396 g/mol. The number of benzene rings is 2. The number of halogens is 1. The number of H-pyrrole nitrogens is 1. The van der Waals surface area contributed by atoms with E-state index in [1.54, 1.807) is 36.4 Å². The summed E-state index contributed by atoms with van der Waals surface area (Å²) in [4.78, 5) is 27.2. The van der Waals surface area contributed by atoms with Crippen molar-refractivity contribution in [3.63, 3.8) is 0 Å². The molecule has 0 aliphatic carbocycles. The van der Waals surface area contributed by atoms with Crippen LogP contribution in [0.25, 0.3) is 5.69 Å². The fourth-order valence-corrected chi connectivity index (χ4v) is 3.44. The first kappa shape index (κ1) is 18.8. The first-order valence-electron chi connectivity index (χ1n) is 8.79. The largest absolute Gasteiger partial charge is 0.495 e. The lowest BCUT2D eigenvalue weighted by atomic mass is 10.00. The molecule has 9 heteroatoms. The van der Waals surface area contributed by atoms with Gasteiger partial charge in [0.05, 0.1) is 24.6 Å². The van der Waals surface area contributed by atoms with Crippen molar-refractivity contribution >= 4 is 17.3 Å². The number of hydrogen-bond donors (Lipinski definition) is 3. The fraction of sp³-hybridized carbons (Fsp3) is 0.150. The van der Waals surface area contributed by atoms with Crippen molar-refractivity contribution in [1.29, 1.82) is 0 Å². The molecule has 2 heterocycles. The van der Waals surface area contributed by atoms with Crippen molar-refractivity contribution in [2.45, 2.75) is 12.5 Å². The van der Waals surface area contributed by atoms with E-state index in [0.29, 0.717) is 28.6 Å². The molecule has 0 amide bonds. The summed E-state index contributed by atoms with van der Waals surface area (Å²) in [5.41, 5.74) is 2.98. The molecule has 2 aromatic carbocycles. The molecule has 0 saturated carbocycles. The molecule has 0 bridgehead atoms. The number of nitrogens with one attached hydrogen (secondary N) is 2. The van der Waals surface area contributed by atoms with Crippen LogP contribution < -0.4 is 21.4 Å². The van der Waals surface area contributed by atoms with Gasteiger partial charge < -0.3 is 15.3 Å². The van der Waals surface area contributed by atoms with Crippen molar-refractivity contribution in [3.05, 3.63) is 85.5 Å². The highest BCUT2D eigenvalue weighted by atomic mass is 35.5. The monoisotopic (exact) mass is 412 g/mol. The number of hydrogen-bond acceptors (Lipinski definition) is 6. The molecule has 8 nitrogen and oxygen atoms in total. The van der Waals surface area contributed by atoms with Gasteiger partial charge in [-0.05, 0) is 29.8 Å². The van der Waals surface area contributed by atoms with Crippen molar-refractivity contribution < 1.29 is 9.84 Å². The summed E-state index contributed by atoms with van der Waals surface area (Å²) in [6, 6.07) is 13.7. The van der Waals surface area contributed by atoms with Gasteiger partial charge in [0.1, 0.15) is 11.3 Å². The Labute approximate surface area is 170 Å². The van der Waals surface area contributed by atoms with Gasteiger partial charge in [-0.25, -0.2) is 9.36 Å². The number of nitrogens with zero attached hydrogens (tertiary/aromatic N) is 2. The second kappa shape index (κ2) is 7.48. The van der Waals surface area contributed by atoms with E-state index in [-0.39, 0.29) is 11.6 Å². The van der Waals surface area contributed by atoms with Crippen LogP contribution in [-0.4, -0.2) is 27.5 Å². The van der Waals surface area contributed by atoms with Crippen LogP contribution in [0, 0.1) is 0 Å². The van der Waals surface area contributed by atoms with E-state index in [2.05, 4.69) is 15.5 Å². The van der Waals surface area contributed by atoms with Gasteiger partial charge in [-0.2, -0.15) is 5.10 Å². The minimum atomic E-state index is -0.776. The normalized spacial score (nSPS) is 15.7. The molecule has 0 unspecified atom stereocenters. The Morgan fingerprint density at radius 2 is 1.90 bits per heavy atom. The molecule has 4 rings (SSSR count). The summed E-state index contributed by atoms with van der Waals surface area (Å²) in [6.07, 6.45) is 0.350. The predicted octanol–water partition coefficient (Wildman–Crippen LogP) is 2.33. The summed E-state index contributed by atoms with van der Waals surface area (Å²) >= 11 is 5.93. The fourth-order valence-electron chi connectivity index (χ4n) is 3.31. The van der Waals surface area contributed by atoms with E-state index < -0.39 is 17.1 Å². The maximum absolute atomic E-state index is 12.5. The summed E-state index contributed by atoms with van der Waals surface area (Å²) in [5, 5.41) is 15.7. The van der Waals surface area contributed by atoms with Crippen LogP contribution in [0.4, 0.5) is 0 Å². The average molecular weight is 413 g/mol. The Morgan fingerprint density at radius 3 is 2.62 bits per heavy atom. The van der Waals surface area contributed by atoms with Gasteiger partial charge in [-0.3, -0.25) is 9.78 Å². The van der Waals surface area contributed by atoms with E-state index in [0.717, 1.165) is 10.1 Å². The Hall–Kier alpha value is -3.52. The number of aromatic nitrogens is 2. The molecular formula is C20H17ClN4O4. The maximum Gasteiger partial charge on any atom is 0.335 e. The highest BCUT2D eigenvalue weighted by molar-refractivity contribution is 6.30. The van der Waals surface area contributed by atoms with Gasteiger partial charge in [-0.15, -0.1) is 0 Å². The zero-order chi connectivity index (χ0) is 20.5. The quantitative estimate of drug-likeness (QED) is 0.609. The summed E-state index contributed by atoms with van der Waals surface area (Å²) in [6.45, 7) is 0. The van der Waals surface area contributed by atoms with Crippen molar-refractivity contribution in [3.8, 4) is 17.3 Å². The lowest BCUT2D eigenvalue weighted by molar-refractivity contribution is 0.401. The minimum absolute atomic E-state index is 0.0699. The van der Waals surface area contributed by atoms with E-state index in [4.69, 9.17) is 16.3 Å². The second-order valence-electron chi connectivity index (χ2n) is 6.46. The van der Waals surface area contributed by atoms with Crippen LogP contribution in [0.3, 0.4) is 0 Å². The molecule has 1 atom stereocenters. The van der Waals surface area contributed by atoms with Crippen LogP contribution in [0.1, 0.15) is 23.6 Å². The highest BCUT2D eigenvalue weighted by Crippen LogP contribution is 2.29. The standard InChI is InChI=1S/C20H17ClN4O4/c1-29-16-5-3-2-4-15(16)25-19(27)17(18(26)22-20(25)28)14-10-13(23-24-14)11-6-8-12(21)9-7-11/h2-9,13,23,27H,10H2,1H3,(H,22,26,28)/t13-/m0/s1. The molecule has 1 aliphatic rings. The van der Waals surface area contributed by atoms with Gasteiger partial charge in [0.25, 0.3) is 5.56 Å². The van der Waals surface area contributed by atoms with Crippen molar-refractivity contribution in [2.24, 2.45) is 5.10 Å². The van der Waals surface area contributed by atoms with E-state index in [9.17, 15) is 14.7 Å². The Kier molecular flexibility index (Phi) is 4.85. The topological polar surface area (TPSA) is 109 Å². The molecule has 0 fully saturated rings. The van der Waals surface area contributed by atoms with Crippen LogP contribution in [0.15, 0.2) is 63.2 Å². The number of para-hydroxylation sites is 2. The number of ether oxygens (including phenoxy) is 1. The Morgan fingerprint density at radius 1 is 1.17 bits per heavy atom. The third-order valence-electron chi connectivity index (χ3n) is 4.73. The first-order chi connectivity index (χ1) is 14.0. The predicted molar refractivity (Wildman–Crippen MR) is 109 cm³/mol. The van der Waals surface area contributed by atoms with Crippen LogP contribution in [-0.2, 0) is 0 Å². The van der Waals surface area contributed by atoms with Gasteiger partial charge in [0.2, 0.25) is 5.88 Å². The molecule has 0 radical (unpaired) electrons. The lowest BCUT2D eigenvalue weighted by Gasteiger charge is -2.14. The van der Waals surface area contributed by atoms with Gasteiger partial charge in [0.15, 0.2) is 0 Å². The summed E-state index contributed by atoms with van der Waals surface area (Å²) in [5.74, 6) is -0.131. The molecule has 1 aliphatic heterocycles. The number of rotatable bonds is 4. The number of aromatic amines is 1. The smallest absolute Gasteiger partial charge is 0.335 e. The van der Waals surface area contributed by atoms with Crippen molar-refractivity contribution in [2.75, 3.05) is 7.11 Å². The molecule has 29 heavy (non-hydrogen) atoms. The van der Waals surface area contributed by atoms with Crippen molar-refractivity contribution in [1.82, 2.24) is 15.0 Å².